The summed E-state index contributed by atoms with van der Waals surface area (Å²) < 4.78 is 6.13. The molecular formula is C26H36ClN3O3S. The second kappa shape index (κ2) is 11.0. The van der Waals surface area contributed by atoms with E-state index in [-0.39, 0.29) is 36.0 Å². The molecule has 0 saturated carbocycles. The van der Waals surface area contributed by atoms with Gasteiger partial charge in [-0.25, -0.2) is 4.79 Å². The highest BCUT2D eigenvalue weighted by Gasteiger charge is 2.34. The summed E-state index contributed by atoms with van der Waals surface area (Å²) in [6.45, 7) is 13.3. The lowest BCUT2D eigenvalue weighted by Gasteiger charge is -2.37. The Balaban J connectivity index is 1.78. The van der Waals surface area contributed by atoms with Gasteiger partial charge in [-0.3, -0.25) is 4.79 Å². The highest BCUT2D eigenvalue weighted by Crippen LogP contribution is 2.34. The van der Waals surface area contributed by atoms with Crippen molar-refractivity contribution in [3.8, 4) is 5.75 Å². The number of fused-ring (bicyclic) bond motifs is 1. The van der Waals surface area contributed by atoms with Gasteiger partial charge in [-0.15, -0.1) is 11.3 Å². The van der Waals surface area contributed by atoms with Crippen LogP contribution in [0.5, 0.6) is 5.75 Å². The molecule has 0 fully saturated rings. The van der Waals surface area contributed by atoms with Crippen LogP contribution in [0, 0.1) is 12.8 Å². The number of ether oxygens (including phenoxy) is 1. The van der Waals surface area contributed by atoms with Gasteiger partial charge < -0.3 is 19.9 Å². The van der Waals surface area contributed by atoms with Crippen molar-refractivity contribution in [3.63, 3.8) is 0 Å². The van der Waals surface area contributed by atoms with Crippen LogP contribution in [0.25, 0.3) is 0 Å². The Morgan fingerprint density at radius 2 is 2.03 bits per heavy atom. The Bertz CT molecular complexity index is 1010. The van der Waals surface area contributed by atoms with E-state index in [2.05, 4.69) is 16.8 Å². The number of carbonyl (C=O) groups is 2. The van der Waals surface area contributed by atoms with Gasteiger partial charge in [0.05, 0.1) is 6.04 Å². The van der Waals surface area contributed by atoms with Crippen molar-refractivity contribution in [1.29, 1.82) is 0 Å². The molecule has 3 amide bonds. The van der Waals surface area contributed by atoms with Crippen LogP contribution in [0.2, 0.25) is 5.02 Å². The van der Waals surface area contributed by atoms with Gasteiger partial charge in [0, 0.05) is 28.5 Å². The molecule has 0 saturated heterocycles. The number of aryl methyl sites for hydroxylation is 1. The molecule has 1 aliphatic heterocycles. The van der Waals surface area contributed by atoms with Crippen molar-refractivity contribution in [2.75, 3.05) is 26.2 Å². The van der Waals surface area contributed by atoms with Gasteiger partial charge in [0.25, 0.3) is 0 Å². The lowest BCUT2D eigenvalue weighted by molar-refractivity contribution is -0.135. The highest BCUT2D eigenvalue weighted by atomic mass is 35.5. The van der Waals surface area contributed by atoms with Crippen LogP contribution in [0.3, 0.4) is 0 Å². The minimum absolute atomic E-state index is 0.0378. The zero-order valence-electron chi connectivity index (χ0n) is 21.0. The molecule has 1 aromatic heterocycles. The van der Waals surface area contributed by atoms with Gasteiger partial charge in [-0.1, -0.05) is 25.4 Å². The number of hydrogen-bond donors (Lipinski definition) is 1. The fourth-order valence-electron chi connectivity index (χ4n) is 4.07. The summed E-state index contributed by atoms with van der Waals surface area (Å²) in [6.07, 6.45) is 0.813. The lowest BCUT2D eigenvalue weighted by Crippen LogP contribution is -2.53. The van der Waals surface area contributed by atoms with E-state index in [1.54, 1.807) is 16.2 Å². The largest absolute Gasteiger partial charge is 0.491 e. The first-order valence-corrected chi connectivity index (χ1v) is 13.0. The predicted octanol–water partition coefficient (Wildman–Crippen LogP) is 5.68. The first kappa shape index (κ1) is 26.4. The van der Waals surface area contributed by atoms with Gasteiger partial charge in [0.2, 0.25) is 5.91 Å². The van der Waals surface area contributed by atoms with Crippen molar-refractivity contribution in [2.24, 2.45) is 5.92 Å². The van der Waals surface area contributed by atoms with Gasteiger partial charge in [0.15, 0.2) is 0 Å². The molecule has 2 aromatic rings. The maximum Gasteiger partial charge on any atom is 0.318 e. The molecular weight excluding hydrogens is 470 g/mol. The molecule has 1 N–H and O–H groups in total. The van der Waals surface area contributed by atoms with Crippen molar-refractivity contribution < 1.29 is 14.3 Å². The fourth-order valence-corrected chi connectivity index (χ4v) is 5.12. The van der Waals surface area contributed by atoms with E-state index >= 15 is 0 Å². The summed E-state index contributed by atoms with van der Waals surface area (Å²) in [5.74, 6) is 0.903. The van der Waals surface area contributed by atoms with Crippen molar-refractivity contribution in [1.82, 2.24) is 15.1 Å². The number of nitrogens with zero attached hydrogens (tertiary/aromatic N) is 2. The molecule has 6 nitrogen and oxygen atoms in total. The molecule has 1 aromatic carbocycles. The van der Waals surface area contributed by atoms with Crippen LogP contribution in [0.4, 0.5) is 4.79 Å². The standard InChI is InChI=1S/C26H36ClN3O3S/c1-17(2)14-29(25(32)28-26(4,5)6)15-24(31)30-11-9-23-20(10-12-34-23)22(30)16-33-19-7-8-21(27)18(3)13-19/h7-8,10,12-13,17,22H,9,11,14-16H2,1-6H3,(H,28,32)/t22-/m1/s1. The average Bonchev–Trinajstić information content (AvgIpc) is 3.21. The van der Waals surface area contributed by atoms with E-state index in [1.165, 1.54) is 4.88 Å². The molecule has 34 heavy (non-hydrogen) atoms. The Kier molecular flexibility index (Phi) is 8.52. The number of halogens is 1. The van der Waals surface area contributed by atoms with Crippen molar-refractivity contribution in [2.45, 2.75) is 59.5 Å². The number of thiophene rings is 1. The van der Waals surface area contributed by atoms with Gasteiger partial charge in [0.1, 0.15) is 18.9 Å². The highest BCUT2D eigenvalue weighted by molar-refractivity contribution is 7.10. The zero-order valence-corrected chi connectivity index (χ0v) is 22.6. The van der Waals surface area contributed by atoms with Crippen LogP contribution in [0.15, 0.2) is 29.6 Å². The van der Waals surface area contributed by atoms with Gasteiger partial charge in [-0.2, -0.15) is 0 Å². The molecule has 0 spiro atoms. The number of hydrogen-bond acceptors (Lipinski definition) is 4. The van der Waals surface area contributed by atoms with Gasteiger partial charge >= 0.3 is 6.03 Å². The maximum absolute atomic E-state index is 13.5. The number of amides is 3. The molecule has 0 unspecified atom stereocenters. The Hall–Kier alpha value is -2.25. The Labute approximate surface area is 212 Å². The molecule has 8 heteroatoms. The molecule has 3 rings (SSSR count). The summed E-state index contributed by atoms with van der Waals surface area (Å²) in [7, 11) is 0. The van der Waals surface area contributed by atoms with E-state index in [1.807, 2.05) is 64.6 Å². The molecule has 2 heterocycles. The van der Waals surface area contributed by atoms with Crippen LogP contribution in [-0.2, 0) is 11.2 Å². The van der Waals surface area contributed by atoms with E-state index in [9.17, 15) is 9.59 Å². The second-order valence-corrected chi connectivity index (χ2v) is 11.7. The lowest BCUT2D eigenvalue weighted by atomic mass is 10.0. The first-order chi connectivity index (χ1) is 15.9. The third-order valence-corrected chi connectivity index (χ3v) is 7.05. The summed E-state index contributed by atoms with van der Waals surface area (Å²) in [5, 5.41) is 5.76. The van der Waals surface area contributed by atoms with E-state index < -0.39 is 0 Å². The Morgan fingerprint density at radius 1 is 1.29 bits per heavy atom. The molecule has 1 atom stereocenters. The van der Waals surface area contributed by atoms with Crippen LogP contribution < -0.4 is 10.1 Å². The summed E-state index contributed by atoms with van der Waals surface area (Å²) in [4.78, 5) is 31.3. The first-order valence-electron chi connectivity index (χ1n) is 11.8. The minimum atomic E-state index is -0.376. The van der Waals surface area contributed by atoms with E-state index in [0.29, 0.717) is 24.7 Å². The molecule has 1 aliphatic rings. The number of benzene rings is 1. The minimum Gasteiger partial charge on any atom is -0.491 e. The number of urea groups is 1. The monoisotopic (exact) mass is 505 g/mol. The number of rotatable bonds is 7. The van der Waals surface area contributed by atoms with Gasteiger partial charge in [-0.05, 0) is 80.8 Å². The topological polar surface area (TPSA) is 61.9 Å². The molecule has 0 bridgehead atoms. The maximum atomic E-state index is 13.5. The third kappa shape index (κ3) is 6.89. The predicted molar refractivity (Wildman–Crippen MR) is 139 cm³/mol. The van der Waals surface area contributed by atoms with Crippen molar-refractivity contribution in [3.05, 3.63) is 50.7 Å². The number of nitrogens with one attached hydrogen (secondary N) is 1. The fraction of sp³-hybridized carbons (Fsp3) is 0.538. The summed E-state index contributed by atoms with van der Waals surface area (Å²) >= 11 is 7.87. The van der Waals surface area contributed by atoms with Crippen molar-refractivity contribution >= 4 is 34.9 Å². The second-order valence-electron chi connectivity index (χ2n) is 10.3. The molecule has 0 aliphatic carbocycles. The number of carbonyl (C=O) groups excluding carboxylic acids is 2. The quantitative estimate of drug-likeness (QED) is 0.526. The third-order valence-electron chi connectivity index (χ3n) is 5.63. The SMILES string of the molecule is Cc1cc(OC[C@@H]2c3ccsc3CCN2C(=O)CN(CC(C)C)C(=O)NC(C)(C)C)ccc1Cl. The average molecular weight is 506 g/mol. The molecule has 186 valence electrons. The smallest absolute Gasteiger partial charge is 0.318 e. The summed E-state index contributed by atoms with van der Waals surface area (Å²) in [5.41, 5.74) is 1.70. The van der Waals surface area contributed by atoms with Crippen LogP contribution in [-0.4, -0.2) is 53.5 Å². The van der Waals surface area contributed by atoms with E-state index in [4.69, 9.17) is 16.3 Å². The zero-order chi connectivity index (χ0) is 25.0. The van der Waals surface area contributed by atoms with Crippen LogP contribution in [0.1, 0.15) is 56.7 Å². The van der Waals surface area contributed by atoms with E-state index in [0.717, 1.165) is 23.3 Å². The Morgan fingerprint density at radius 3 is 2.68 bits per heavy atom. The van der Waals surface area contributed by atoms with Crippen LogP contribution >= 0.6 is 22.9 Å². The molecule has 0 radical (unpaired) electrons. The summed E-state index contributed by atoms with van der Waals surface area (Å²) in [6, 6.07) is 7.24. The normalized spacial score (nSPS) is 15.8.